The van der Waals surface area contributed by atoms with E-state index in [1.54, 1.807) is 0 Å². The van der Waals surface area contributed by atoms with Crippen molar-refractivity contribution < 1.29 is 34.3 Å². The summed E-state index contributed by atoms with van der Waals surface area (Å²) in [5.74, 6) is 0. The molecule has 0 saturated heterocycles. The quantitative estimate of drug-likeness (QED) is 0.439. The molecule has 1 nitrogen and oxygen atoms in total. The van der Waals surface area contributed by atoms with Gasteiger partial charge in [-0.1, -0.05) is 6.92 Å². The normalized spacial score (nSPS) is 5.00. The molecule has 0 saturated carbocycles. The van der Waals surface area contributed by atoms with Crippen LogP contribution >= 0.6 is 0 Å². The molecule has 43 valence electrons. The summed E-state index contributed by atoms with van der Waals surface area (Å²) in [7, 11) is 0. The van der Waals surface area contributed by atoms with Gasteiger partial charge < -0.3 is 17.5 Å². The zero-order valence-electron chi connectivity index (χ0n) is 3.57. The average Bonchev–Trinajstić information content (AvgIpc) is 1.37. The van der Waals surface area contributed by atoms with Crippen molar-refractivity contribution in [3.05, 3.63) is 0 Å². The topological polar surface area (TPSA) is 20.2 Å². The Bertz CT molecular complexity index is 12.8. The summed E-state index contributed by atoms with van der Waals surface area (Å²) in [6, 6.07) is 0. The van der Waals surface area contributed by atoms with Gasteiger partial charge in [-0.3, -0.25) is 0 Å². The molecule has 0 aliphatic heterocycles. The monoisotopic (exact) mass is 154 g/mol. The van der Waals surface area contributed by atoms with Crippen molar-refractivity contribution in [1.82, 2.24) is 0 Å². The van der Waals surface area contributed by atoms with Crippen LogP contribution in [0.3, 0.4) is 0 Å². The first-order valence-electron chi connectivity index (χ1n) is 1.52. The van der Waals surface area contributed by atoms with Gasteiger partial charge in [0.05, 0.1) is 0 Å². The minimum Gasteiger partial charge on any atom is -1.00 e. The first-order valence-corrected chi connectivity index (χ1v) is 1.52. The van der Waals surface area contributed by atoms with Crippen molar-refractivity contribution in [2.24, 2.45) is 0 Å². The molecule has 3 heteroatoms. The fraction of sp³-hybridized carbons (Fsp3) is 1.00. The maximum atomic E-state index is 7.88. The van der Waals surface area contributed by atoms with Crippen LogP contribution in [0.25, 0.3) is 0 Å². The average molecular weight is 154 g/mol. The maximum absolute atomic E-state index is 7.88. The number of aliphatic hydroxyl groups is 1. The minimum atomic E-state index is 0. The second-order valence-electron chi connectivity index (χ2n) is 0.724. The Morgan fingerprint density at radius 3 is 1.67 bits per heavy atom. The fourth-order valence-electron chi connectivity index (χ4n) is 0. The van der Waals surface area contributed by atoms with Crippen LogP contribution < -0.4 is 12.4 Å². The van der Waals surface area contributed by atoms with E-state index < -0.39 is 0 Å². The van der Waals surface area contributed by atoms with Gasteiger partial charge in [-0.2, -0.15) is 0 Å². The molecule has 0 spiro atoms. The molecule has 0 aromatic rings. The van der Waals surface area contributed by atoms with Gasteiger partial charge in [-0.15, -0.1) is 0 Å². The predicted octanol–water partition coefficient (Wildman–Crippen LogP) is -2.61. The Kier molecular flexibility index (Phi) is 45.3. The smallest absolute Gasteiger partial charge is 0.0428 e. The maximum Gasteiger partial charge on any atom is 0.0428 e. The molecule has 1 N–H and O–H groups in total. The van der Waals surface area contributed by atoms with Crippen molar-refractivity contribution in [3.63, 3.8) is 0 Å². The zero-order valence-corrected chi connectivity index (χ0v) is 5.37. The molecule has 0 aliphatic carbocycles. The predicted molar refractivity (Wildman–Crippen MR) is 17.4 cm³/mol. The van der Waals surface area contributed by atoms with E-state index in [0.29, 0.717) is 6.61 Å². The van der Waals surface area contributed by atoms with Crippen LogP contribution in [0.4, 0.5) is 0 Å². The molecule has 0 amide bonds. The van der Waals surface area contributed by atoms with Gasteiger partial charge in [-0.05, 0) is 6.42 Å². The standard InChI is InChI=1S/C3H8O.ClH.Co/c1-2-3-4;;/h4H,2-3H2,1H3;1H;/p-1. The van der Waals surface area contributed by atoms with Crippen molar-refractivity contribution in [1.29, 1.82) is 0 Å². The van der Waals surface area contributed by atoms with Gasteiger partial charge in [0.15, 0.2) is 0 Å². The van der Waals surface area contributed by atoms with E-state index in [0.717, 1.165) is 6.42 Å². The van der Waals surface area contributed by atoms with Crippen LogP contribution in [0, 0.1) is 0 Å². The number of aliphatic hydroxyl groups excluding tert-OH is 1. The zero-order chi connectivity index (χ0) is 3.41. The third-order valence-corrected chi connectivity index (χ3v) is 0.224. The third kappa shape index (κ3) is 21.8. The van der Waals surface area contributed by atoms with Crippen molar-refractivity contribution in [2.45, 2.75) is 13.3 Å². The first-order chi connectivity index (χ1) is 1.91. The summed E-state index contributed by atoms with van der Waals surface area (Å²) in [5, 5.41) is 7.88. The molecule has 0 aromatic carbocycles. The second kappa shape index (κ2) is 17.1. The van der Waals surface area contributed by atoms with Crippen molar-refractivity contribution in [3.8, 4) is 0 Å². The van der Waals surface area contributed by atoms with E-state index >= 15 is 0 Å². The van der Waals surface area contributed by atoms with Crippen LogP contribution in [0.2, 0.25) is 0 Å². The van der Waals surface area contributed by atoms with Gasteiger partial charge in [0.25, 0.3) is 0 Å². The Morgan fingerprint density at radius 2 is 1.67 bits per heavy atom. The summed E-state index contributed by atoms with van der Waals surface area (Å²) in [6.07, 6.45) is 0.875. The molecule has 1 radical (unpaired) electrons. The van der Waals surface area contributed by atoms with Gasteiger partial charge in [0, 0.05) is 23.4 Å². The van der Waals surface area contributed by atoms with Gasteiger partial charge in [-0.25, -0.2) is 0 Å². The van der Waals surface area contributed by atoms with Crippen LogP contribution in [0.1, 0.15) is 13.3 Å². The van der Waals surface area contributed by atoms with Crippen LogP contribution in [0.5, 0.6) is 0 Å². The third-order valence-electron chi connectivity index (χ3n) is 0.224. The Morgan fingerprint density at radius 1 is 1.50 bits per heavy atom. The van der Waals surface area contributed by atoms with Crippen molar-refractivity contribution in [2.75, 3.05) is 6.61 Å². The van der Waals surface area contributed by atoms with E-state index in [1.165, 1.54) is 0 Å². The van der Waals surface area contributed by atoms with Crippen LogP contribution in [-0.2, 0) is 16.8 Å². The summed E-state index contributed by atoms with van der Waals surface area (Å²) in [4.78, 5) is 0. The summed E-state index contributed by atoms with van der Waals surface area (Å²) >= 11 is 0. The largest absolute Gasteiger partial charge is 1.00 e. The molecule has 6 heavy (non-hydrogen) atoms. The second-order valence-corrected chi connectivity index (χ2v) is 0.724. The molecular weight excluding hydrogens is 146 g/mol. The number of hydrogen-bond donors (Lipinski definition) is 1. The van der Waals surface area contributed by atoms with E-state index in [4.69, 9.17) is 5.11 Å². The van der Waals surface area contributed by atoms with Crippen molar-refractivity contribution >= 4 is 0 Å². The van der Waals surface area contributed by atoms with E-state index in [9.17, 15) is 0 Å². The summed E-state index contributed by atoms with van der Waals surface area (Å²) in [5.41, 5.74) is 0. The van der Waals surface area contributed by atoms with E-state index in [2.05, 4.69) is 0 Å². The molecule has 0 aromatic heterocycles. The summed E-state index contributed by atoms with van der Waals surface area (Å²) < 4.78 is 0. The molecule has 0 rings (SSSR count). The van der Waals surface area contributed by atoms with Gasteiger partial charge in [0.2, 0.25) is 0 Å². The Hall–Kier alpha value is 0.756. The van der Waals surface area contributed by atoms with Crippen LogP contribution in [-0.4, -0.2) is 11.7 Å². The molecule has 0 aliphatic rings. The SMILES string of the molecule is CCCO.[Cl-].[Co]. The number of rotatable bonds is 1. The number of halogens is 1. The van der Waals surface area contributed by atoms with Crippen LogP contribution in [0.15, 0.2) is 0 Å². The molecule has 0 heterocycles. The van der Waals surface area contributed by atoms with E-state index in [1.807, 2.05) is 6.92 Å². The Labute approximate surface area is 54.7 Å². The molecule has 0 bridgehead atoms. The number of hydrogen-bond acceptors (Lipinski definition) is 1. The van der Waals surface area contributed by atoms with Gasteiger partial charge in [0.1, 0.15) is 0 Å². The summed E-state index contributed by atoms with van der Waals surface area (Å²) in [6.45, 7) is 2.25. The molecule has 0 atom stereocenters. The molecule has 0 fully saturated rings. The molecule has 0 unspecified atom stereocenters. The molecular formula is C3H8ClCoO-. The van der Waals surface area contributed by atoms with Gasteiger partial charge >= 0.3 is 0 Å². The van der Waals surface area contributed by atoms with E-state index in [-0.39, 0.29) is 29.2 Å². The Balaban J connectivity index is -0.0000000450. The first kappa shape index (κ1) is 15.9. The minimum absolute atomic E-state index is 0. The fourth-order valence-corrected chi connectivity index (χ4v) is 0.